The second kappa shape index (κ2) is 7.57. The van der Waals surface area contributed by atoms with Crippen molar-refractivity contribution >= 4 is 39.8 Å². The summed E-state index contributed by atoms with van der Waals surface area (Å²) in [5, 5.41) is 12.8. The van der Waals surface area contributed by atoms with Crippen molar-refractivity contribution in [2.24, 2.45) is 0 Å². The summed E-state index contributed by atoms with van der Waals surface area (Å²) in [6.45, 7) is 3.52. The topological polar surface area (TPSA) is 47.0 Å². The minimum atomic E-state index is 0.627. The van der Waals surface area contributed by atoms with Gasteiger partial charge in [0.25, 0.3) is 0 Å². The number of ether oxygens (including phenoxy) is 1. The maximum absolute atomic E-state index is 5.80. The van der Waals surface area contributed by atoms with Crippen LogP contribution in [0.4, 0.5) is 5.13 Å². The average Bonchev–Trinajstić information content (AvgIpc) is 2.85. The van der Waals surface area contributed by atoms with Crippen LogP contribution in [0.1, 0.15) is 6.92 Å². The van der Waals surface area contributed by atoms with E-state index in [9.17, 15) is 0 Å². The fraction of sp³-hybridized carbons (Fsp3) is 0.333. The van der Waals surface area contributed by atoms with Gasteiger partial charge >= 0.3 is 0 Å². The van der Waals surface area contributed by atoms with Gasteiger partial charge in [-0.05, 0) is 31.2 Å². The molecule has 2 rings (SSSR count). The molecule has 1 heterocycles. The van der Waals surface area contributed by atoms with Gasteiger partial charge in [-0.15, -0.1) is 10.2 Å². The lowest BCUT2D eigenvalue weighted by Gasteiger charge is -2.04. The molecule has 0 bridgehead atoms. The van der Waals surface area contributed by atoms with Gasteiger partial charge in [-0.3, -0.25) is 0 Å². The molecule has 19 heavy (non-hydrogen) atoms. The highest BCUT2D eigenvalue weighted by Gasteiger charge is 2.03. The molecule has 2 aromatic rings. The molecule has 0 radical (unpaired) electrons. The normalized spacial score (nSPS) is 10.4. The van der Waals surface area contributed by atoms with Gasteiger partial charge in [-0.1, -0.05) is 34.7 Å². The molecule has 0 fully saturated rings. The molecule has 0 saturated heterocycles. The number of nitrogens with one attached hydrogen (secondary N) is 1. The number of nitrogens with zero attached hydrogens (tertiary/aromatic N) is 2. The Labute approximate surface area is 125 Å². The fourth-order valence-electron chi connectivity index (χ4n) is 1.31. The van der Waals surface area contributed by atoms with Gasteiger partial charge < -0.3 is 10.1 Å². The maximum Gasteiger partial charge on any atom is 0.206 e. The minimum Gasteiger partial charge on any atom is -0.493 e. The highest BCUT2D eigenvalue weighted by Crippen LogP contribution is 2.25. The molecule has 0 spiro atoms. The summed E-state index contributed by atoms with van der Waals surface area (Å²) in [6, 6.07) is 7.36. The Hall–Kier alpha value is -0.980. The summed E-state index contributed by atoms with van der Waals surface area (Å²) >= 11 is 9.01. The van der Waals surface area contributed by atoms with Crippen LogP contribution in [0.15, 0.2) is 28.6 Å². The van der Waals surface area contributed by atoms with Crippen molar-refractivity contribution in [2.45, 2.75) is 11.3 Å². The molecule has 0 amide bonds. The molecule has 0 aliphatic carbocycles. The highest BCUT2D eigenvalue weighted by atomic mass is 35.5. The number of hydrogen-bond donors (Lipinski definition) is 1. The van der Waals surface area contributed by atoms with Crippen molar-refractivity contribution in [1.29, 1.82) is 0 Å². The number of benzene rings is 1. The standard InChI is InChI=1S/C12H14ClN3OS2/c1-2-14-11-15-16-12(19-11)18-8-7-17-10-5-3-9(13)4-6-10/h3-6H,2,7-8H2,1H3,(H,14,15). The summed E-state index contributed by atoms with van der Waals surface area (Å²) in [5.74, 6) is 1.67. The smallest absolute Gasteiger partial charge is 0.206 e. The van der Waals surface area contributed by atoms with Gasteiger partial charge in [0.1, 0.15) is 5.75 Å². The zero-order chi connectivity index (χ0) is 13.5. The van der Waals surface area contributed by atoms with Crippen LogP contribution < -0.4 is 10.1 Å². The molecule has 0 unspecified atom stereocenters. The van der Waals surface area contributed by atoms with Crippen LogP contribution in [0.5, 0.6) is 5.75 Å². The summed E-state index contributed by atoms with van der Waals surface area (Å²) in [5.41, 5.74) is 0. The van der Waals surface area contributed by atoms with E-state index in [-0.39, 0.29) is 0 Å². The van der Waals surface area contributed by atoms with Gasteiger partial charge in [0.15, 0.2) is 4.34 Å². The molecule has 1 aromatic heterocycles. The summed E-state index contributed by atoms with van der Waals surface area (Å²) in [7, 11) is 0. The monoisotopic (exact) mass is 315 g/mol. The van der Waals surface area contributed by atoms with E-state index >= 15 is 0 Å². The SMILES string of the molecule is CCNc1nnc(SCCOc2ccc(Cl)cc2)s1. The fourth-order valence-corrected chi connectivity index (χ4v) is 3.14. The lowest BCUT2D eigenvalue weighted by molar-refractivity contribution is 0.344. The predicted molar refractivity (Wildman–Crippen MR) is 81.7 cm³/mol. The largest absolute Gasteiger partial charge is 0.493 e. The van der Waals surface area contributed by atoms with Crippen molar-refractivity contribution in [2.75, 3.05) is 24.2 Å². The van der Waals surface area contributed by atoms with Gasteiger partial charge in [0.05, 0.1) is 6.61 Å². The molecule has 1 aromatic carbocycles. The summed E-state index contributed by atoms with van der Waals surface area (Å²) < 4.78 is 6.55. The Kier molecular flexibility index (Phi) is 5.75. The second-order valence-electron chi connectivity index (χ2n) is 3.55. The number of anilines is 1. The van der Waals surface area contributed by atoms with Gasteiger partial charge in [-0.25, -0.2) is 0 Å². The van der Waals surface area contributed by atoms with Gasteiger partial charge in [0.2, 0.25) is 5.13 Å². The van der Waals surface area contributed by atoms with Crippen LogP contribution in [0, 0.1) is 0 Å². The van der Waals surface area contributed by atoms with Crippen molar-refractivity contribution in [3.8, 4) is 5.75 Å². The van der Waals surface area contributed by atoms with E-state index in [4.69, 9.17) is 16.3 Å². The Bertz CT molecular complexity index is 504. The predicted octanol–water partition coefficient (Wildman–Crippen LogP) is 3.79. The van der Waals surface area contributed by atoms with Crippen LogP contribution in [0.3, 0.4) is 0 Å². The first-order valence-corrected chi connectivity index (χ1v) is 8.04. The number of thioether (sulfide) groups is 1. The second-order valence-corrected chi connectivity index (χ2v) is 6.31. The third-order valence-corrected chi connectivity index (χ3v) is 4.36. The molecule has 1 N–H and O–H groups in total. The molecule has 0 aliphatic rings. The van der Waals surface area contributed by atoms with Crippen molar-refractivity contribution in [1.82, 2.24) is 10.2 Å². The average molecular weight is 316 g/mol. The van der Waals surface area contributed by atoms with E-state index in [1.165, 1.54) is 0 Å². The lowest BCUT2D eigenvalue weighted by atomic mass is 10.3. The molecule has 102 valence electrons. The van der Waals surface area contributed by atoms with Crippen LogP contribution in [-0.2, 0) is 0 Å². The highest BCUT2D eigenvalue weighted by molar-refractivity contribution is 8.01. The van der Waals surface area contributed by atoms with Crippen molar-refractivity contribution in [3.05, 3.63) is 29.3 Å². The Morgan fingerprint density at radius 2 is 2.11 bits per heavy atom. The van der Waals surface area contributed by atoms with E-state index in [0.717, 1.165) is 27.5 Å². The lowest BCUT2D eigenvalue weighted by Crippen LogP contribution is -1.99. The van der Waals surface area contributed by atoms with E-state index < -0.39 is 0 Å². The van der Waals surface area contributed by atoms with Crippen LogP contribution >= 0.6 is 34.7 Å². The Morgan fingerprint density at radius 3 is 2.84 bits per heavy atom. The zero-order valence-corrected chi connectivity index (χ0v) is 12.8. The zero-order valence-electron chi connectivity index (χ0n) is 10.4. The molecular formula is C12H14ClN3OS2. The molecule has 7 heteroatoms. The molecule has 0 saturated carbocycles. The minimum absolute atomic E-state index is 0.627. The van der Waals surface area contributed by atoms with Crippen molar-refractivity contribution in [3.63, 3.8) is 0 Å². The number of rotatable bonds is 7. The quantitative estimate of drug-likeness (QED) is 0.622. The van der Waals surface area contributed by atoms with Gasteiger partial charge in [-0.2, -0.15) is 0 Å². The van der Waals surface area contributed by atoms with Gasteiger partial charge in [0, 0.05) is 17.3 Å². The van der Waals surface area contributed by atoms with E-state index in [0.29, 0.717) is 11.6 Å². The Morgan fingerprint density at radius 1 is 1.32 bits per heavy atom. The van der Waals surface area contributed by atoms with Crippen LogP contribution in [-0.4, -0.2) is 29.1 Å². The first-order valence-electron chi connectivity index (χ1n) is 5.86. The number of halogens is 1. The molecular weight excluding hydrogens is 302 g/mol. The molecule has 4 nitrogen and oxygen atoms in total. The maximum atomic E-state index is 5.80. The summed E-state index contributed by atoms with van der Waals surface area (Å²) in [6.07, 6.45) is 0. The number of aromatic nitrogens is 2. The van der Waals surface area contributed by atoms with E-state index in [1.54, 1.807) is 23.1 Å². The summed E-state index contributed by atoms with van der Waals surface area (Å²) in [4.78, 5) is 0. The Balaban J connectivity index is 1.69. The third-order valence-electron chi connectivity index (χ3n) is 2.13. The van der Waals surface area contributed by atoms with Crippen LogP contribution in [0.2, 0.25) is 5.02 Å². The molecule has 0 aliphatic heterocycles. The molecule has 0 atom stereocenters. The first-order chi connectivity index (χ1) is 9.28. The van der Waals surface area contributed by atoms with E-state index in [2.05, 4.69) is 15.5 Å². The third kappa shape index (κ3) is 4.89. The van der Waals surface area contributed by atoms with Crippen molar-refractivity contribution < 1.29 is 4.74 Å². The van der Waals surface area contributed by atoms with E-state index in [1.807, 2.05) is 31.2 Å². The van der Waals surface area contributed by atoms with Crippen LogP contribution in [0.25, 0.3) is 0 Å². The first kappa shape index (κ1) is 14.4. The number of hydrogen-bond acceptors (Lipinski definition) is 6.